The first-order valence-electron chi connectivity index (χ1n) is 5.09. The Bertz CT molecular complexity index is 437. The maximum Gasteiger partial charge on any atom is 0.122 e. The molecule has 1 atom stereocenters. The van der Waals surface area contributed by atoms with Gasteiger partial charge in [0.2, 0.25) is 0 Å². The van der Waals surface area contributed by atoms with E-state index in [4.69, 9.17) is 20.8 Å². The number of furan rings is 1. The molecule has 0 bridgehead atoms. The van der Waals surface area contributed by atoms with Crippen LogP contribution < -0.4 is 4.74 Å². The highest BCUT2D eigenvalue weighted by atomic mass is 35.5. The predicted octanol–water partition coefficient (Wildman–Crippen LogP) is 3.81. The smallest absolute Gasteiger partial charge is 0.122 e. The molecule has 1 heterocycles. The molecule has 1 aromatic heterocycles. The van der Waals surface area contributed by atoms with Gasteiger partial charge in [0.25, 0.3) is 0 Å². The molecule has 16 heavy (non-hydrogen) atoms. The summed E-state index contributed by atoms with van der Waals surface area (Å²) in [5.41, 5.74) is 2.10. The van der Waals surface area contributed by atoms with Gasteiger partial charge in [0.15, 0.2) is 0 Å². The lowest BCUT2D eigenvalue weighted by atomic mass is 10.1. The number of rotatable bonds is 4. The maximum absolute atomic E-state index is 6.30. The molecule has 0 aliphatic heterocycles. The van der Waals surface area contributed by atoms with Crippen molar-refractivity contribution in [2.45, 2.75) is 11.8 Å². The highest BCUT2D eigenvalue weighted by molar-refractivity contribution is 6.20. The number of hydrogen-bond acceptors (Lipinski definition) is 2. The van der Waals surface area contributed by atoms with Crippen molar-refractivity contribution in [3.05, 3.63) is 54.0 Å². The van der Waals surface area contributed by atoms with Crippen LogP contribution in [0.1, 0.15) is 16.5 Å². The van der Waals surface area contributed by atoms with Crippen LogP contribution in [-0.4, -0.2) is 7.11 Å². The zero-order valence-corrected chi connectivity index (χ0v) is 9.78. The first-order valence-corrected chi connectivity index (χ1v) is 5.53. The number of ether oxygens (including phenoxy) is 1. The van der Waals surface area contributed by atoms with Crippen molar-refractivity contribution in [1.82, 2.24) is 0 Å². The molecular weight excluding hydrogens is 224 g/mol. The summed E-state index contributed by atoms with van der Waals surface area (Å²) in [4.78, 5) is 0. The maximum atomic E-state index is 6.30. The Morgan fingerprint density at radius 3 is 2.81 bits per heavy atom. The molecular formula is C13H13ClO2. The first-order chi connectivity index (χ1) is 7.81. The van der Waals surface area contributed by atoms with Gasteiger partial charge < -0.3 is 9.15 Å². The molecule has 2 aromatic rings. The van der Waals surface area contributed by atoms with Gasteiger partial charge in [-0.15, -0.1) is 11.6 Å². The largest absolute Gasteiger partial charge is 0.496 e. The third-order valence-electron chi connectivity index (χ3n) is 2.50. The van der Waals surface area contributed by atoms with Crippen molar-refractivity contribution in [2.24, 2.45) is 0 Å². The van der Waals surface area contributed by atoms with Crippen LogP contribution in [0, 0.1) is 0 Å². The van der Waals surface area contributed by atoms with Gasteiger partial charge in [-0.25, -0.2) is 0 Å². The van der Waals surface area contributed by atoms with E-state index < -0.39 is 0 Å². The summed E-state index contributed by atoms with van der Waals surface area (Å²) in [5, 5.41) is -0.0879. The van der Waals surface area contributed by atoms with E-state index in [1.54, 1.807) is 19.6 Å². The number of alkyl halides is 1. The Kier molecular flexibility index (Phi) is 3.52. The predicted molar refractivity (Wildman–Crippen MR) is 64.0 cm³/mol. The Morgan fingerprint density at radius 2 is 2.12 bits per heavy atom. The lowest BCUT2D eigenvalue weighted by molar-refractivity contribution is 0.409. The van der Waals surface area contributed by atoms with Gasteiger partial charge in [0.05, 0.1) is 25.0 Å². The quantitative estimate of drug-likeness (QED) is 0.754. The van der Waals surface area contributed by atoms with E-state index in [-0.39, 0.29) is 5.38 Å². The van der Waals surface area contributed by atoms with Crippen molar-refractivity contribution in [2.75, 3.05) is 7.11 Å². The molecule has 3 heteroatoms. The number of benzene rings is 1. The SMILES string of the molecule is COc1ccccc1CC(Cl)c1ccoc1. The molecule has 0 radical (unpaired) electrons. The van der Waals surface area contributed by atoms with Crippen LogP contribution in [0.15, 0.2) is 47.3 Å². The number of halogens is 1. The van der Waals surface area contributed by atoms with Gasteiger partial charge >= 0.3 is 0 Å². The molecule has 1 unspecified atom stereocenters. The minimum absolute atomic E-state index is 0.0879. The third-order valence-corrected chi connectivity index (χ3v) is 2.90. The van der Waals surface area contributed by atoms with E-state index in [1.165, 1.54) is 0 Å². The normalized spacial score (nSPS) is 12.4. The molecule has 1 aromatic carbocycles. The van der Waals surface area contributed by atoms with Crippen LogP contribution >= 0.6 is 11.6 Å². The van der Waals surface area contributed by atoms with Crippen molar-refractivity contribution in [3.8, 4) is 5.75 Å². The fourth-order valence-electron chi connectivity index (χ4n) is 1.64. The molecule has 0 fully saturated rings. The van der Waals surface area contributed by atoms with Gasteiger partial charge in [-0.1, -0.05) is 18.2 Å². The molecule has 0 N–H and O–H groups in total. The lowest BCUT2D eigenvalue weighted by Crippen LogP contribution is -1.97. The minimum Gasteiger partial charge on any atom is -0.496 e. The number of para-hydroxylation sites is 1. The van der Waals surface area contributed by atoms with E-state index in [1.807, 2.05) is 30.3 Å². The minimum atomic E-state index is -0.0879. The second kappa shape index (κ2) is 5.08. The standard InChI is InChI=1S/C13H13ClO2/c1-15-13-5-3-2-4-10(13)8-12(14)11-6-7-16-9-11/h2-7,9,12H,8H2,1H3. The van der Waals surface area contributed by atoms with Gasteiger partial charge in [-0.05, 0) is 24.1 Å². The zero-order valence-electron chi connectivity index (χ0n) is 9.02. The molecule has 0 aliphatic carbocycles. The number of hydrogen-bond donors (Lipinski definition) is 0. The topological polar surface area (TPSA) is 22.4 Å². The van der Waals surface area contributed by atoms with E-state index in [9.17, 15) is 0 Å². The summed E-state index contributed by atoms with van der Waals surface area (Å²) in [7, 11) is 1.67. The monoisotopic (exact) mass is 236 g/mol. The second-order valence-corrected chi connectivity index (χ2v) is 4.07. The fraction of sp³-hybridized carbons (Fsp3) is 0.231. The molecule has 0 aliphatic rings. The van der Waals surface area contributed by atoms with Crippen LogP contribution in [0.2, 0.25) is 0 Å². The molecule has 2 nitrogen and oxygen atoms in total. The Morgan fingerprint density at radius 1 is 1.31 bits per heavy atom. The van der Waals surface area contributed by atoms with E-state index in [0.29, 0.717) is 0 Å². The van der Waals surface area contributed by atoms with Crippen molar-refractivity contribution in [3.63, 3.8) is 0 Å². The Hall–Kier alpha value is -1.41. The molecule has 0 saturated heterocycles. The summed E-state index contributed by atoms with van der Waals surface area (Å²) < 4.78 is 10.3. The summed E-state index contributed by atoms with van der Waals surface area (Å²) >= 11 is 6.30. The van der Waals surface area contributed by atoms with Crippen LogP contribution in [0.3, 0.4) is 0 Å². The van der Waals surface area contributed by atoms with Crippen LogP contribution in [-0.2, 0) is 6.42 Å². The highest BCUT2D eigenvalue weighted by Gasteiger charge is 2.12. The first kappa shape index (κ1) is 11.1. The van der Waals surface area contributed by atoms with Gasteiger partial charge in [0.1, 0.15) is 5.75 Å². The van der Waals surface area contributed by atoms with Crippen molar-refractivity contribution >= 4 is 11.6 Å². The summed E-state index contributed by atoms with van der Waals surface area (Å²) in [6, 6.07) is 9.77. The van der Waals surface area contributed by atoms with Gasteiger partial charge in [0, 0.05) is 5.56 Å². The Balaban J connectivity index is 2.14. The molecule has 0 amide bonds. The van der Waals surface area contributed by atoms with E-state index in [0.717, 1.165) is 23.3 Å². The lowest BCUT2D eigenvalue weighted by Gasteiger charge is -2.10. The summed E-state index contributed by atoms with van der Waals surface area (Å²) in [6.07, 6.45) is 4.03. The van der Waals surface area contributed by atoms with E-state index >= 15 is 0 Å². The molecule has 2 rings (SSSR count). The third kappa shape index (κ3) is 2.39. The highest BCUT2D eigenvalue weighted by Crippen LogP contribution is 2.29. The Labute approximate surface area is 99.8 Å². The fourth-order valence-corrected chi connectivity index (χ4v) is 1.93. The zero-order chi connectivity index (χ0) is 11.4. The average molecular weight is 237 g/mol. The van der Waals surface area contributed by atoms with E-state index in [2.05, 4.69) is 0 Å². The second-order valence-electron chi connectivity index (χ2n) is 3.54. The summed E-state index contributed by atoms with van der Waals surface area (Å²) in [5.74, 6) is 0.872. The molecule has 0 spiro atoms. The average Bonchev–Trinajstić information content (AvgIpc) is 2.83. The van der Waals surface area contributed by atoms with Crippen LogP contribution in [0.25, 0.3) is 0 Å². The van der Waals surface area contributed by atoms with Crippen molar-refractivity contribution < 1.29 is 9.15 Å². The van der Waals surface area contributed by atoms with Crippen LogP contribution in [0.4, 0.5) is 0 Å². The molecule has 0 saturated carbocycles. The number of methoxy groups -OCH3 is 1. The molecule has 84 valence electrons. The summed E-state index contributed by atoms with van der Waals surface area (Å²) in [6.45, 7) is 0. The van der Waals surface area contributed by atoms with Gasteiger partial charge in [-0.2, -0.15) is 0 Å². The van der Waals surface area contributed by atoms with Crippen LogP contribution in [0.5, 0.6) is 5.75 Å². The van der Waals surface area contributed by atoms with Gasteiger partial charge in [-0.3, -0.25) is 0 Å². The van der Waals surface area contributed by atoms with Crippen molar-refractivity contribution in [1.29, 1.82) is 0 Å².